The van der Waals surface area contributed by atoms with E-state index in [9.17, 15) is 4.79 Å². The maximum atomic E-state index is 13.7. The first-order valence-corrected chi connectivity index (χ1v) is 11.8. The minimum atomic E-state index is -0.415. The van der Waals surface area contributed by atoms with Gasteiger partial charge in [0.2, 0.25) is 11.7 Å². The lowest BCUT2D eigenvalue weighted by molar-refractivity contribution is 0.0946. The van der Waals surface area contributed by atoms with Gasteiger partial charge in [-0.2, -0.15) is 9.67 Å². The molecule has 3 aromatic carbocycles. The van der Waals surface area contributed by atoms with Crippen LogP contribution in [0.3, 0.4) is 0 Å². The summed E-state index contributed by atoms with van der Waals surface area (Å²) in [6, 6.07) is 18.6. The fourth-order valence-corrected chi connectivity index (χ4v) is 3.85. The zero-order chi connectivity index (χ0) is 27.2. The fraction of sp³-hybridized carbons (Fsp3) is 0.250. The summed E-state index contributed by atoms with van der Waals surface area (Å²) >= 11 is 0. The Labute approximate surface area is 221 Å². The van der Waals surface area contributed by atoms with Crippen molar-refractivity contribution in [3.63, 3.8) is 0 Å². The van der Waals surface area contributed by atoms with E-state index in [1.54, 1.807) is 19.2 Å². The highest BCUT2D eigenvalue weighted by Gasteiger charge is 2.23. The molecule has 0 bridgehead atoms. The second kappa shape index (κ2) is 11.5. The third-order valence-electron chi connectivity index (χ3n) is 5.96. The SMILES string of the molecule is COc1ccc(-c2nc(NCc3ccc(N(C)C)cc3)n(C(=O)c3cc(OC)c(OC)c(OC)c3)n2)cc1. The maximum absolute atomic E-state index is 13.7. The third-order valence-corrected chi connectivity index (χ3v) is 5.96. The molecule has 0 atom stereocenters. The van der Waals surface area contributed by atoms with Crippen LogP contribution in [0.15, 0.2) is 60.7 Å². The molecule has 0 radical (unpaired) electrons. The molecule has 0 saturated heterocycles. The number of methoxy groups -OCH3 is 4. The Bertz CT molecular complexity index is 1370. The number of nitrogens with zero attached hydrogens (tertiary/aromatic N) is 4. The van der Waals surface area contributed by atoms with Crippen LogP contribution in [0.1, 0.15) is 15.9 Å². The Kier molecular flexibility index (Phi) is 8.00. The van der Waals surface area contributed by atoms with Gasteiger partial charge in [-0.25, -0.2) is 0 Å². The Morgan fingerprint density at radius 3 is 2.03 bits per heavy atom. The molecule has 10 nitrogen and oxygen atoms in total. The Balaban J connectivity index is 1.72. The van der Waals surface area contributed by atoms with E-state index >= 15 is 0 Å². The van der Waals surface area contributed by atoms with Gasteiger partial charge in [-0.05, 0) is 54.1 Å². The molecular weight excluding hydrogens is 486 g/mol. The number of hydrogen-bond donors (Lipinski definition) is 1. The topological polar surface area (TPSA) is 100.0 Å². The smallest absolute Gasteiger partial charge is 0.281 e. The van der Waals surface area contributed by atoms with Gasteiger partial charge in [0, 0.05) is 37.5 Å². The molecule has 0 amide bonds. The van der Waals surface area contributed by atoms with Crippen molar-refractivity contribution in [1.29, 1.82) is 0 Å². The molecule has 0 unspecified atom stereocenters. The number of nitrogens with one attached hydrogen (secondary N) is 1. The van der Waals surface area contributed by atoms with Gasteiger partial charge in [-0.3, -0.25) is 4.79 Å². The highest BCUT2D eigenvalue weighted by Crippen LogP contribution is 2.38. The number of carbonyl (C=O) groups excluding carboxylic acids is 1. The molecule has 1 N–H and O–H groups in total. The van der Waals surface area contributed by atoms with Crippen LogP contribution in [0.4, 0.5) is 11.6 Å². The molecule has 0 aliphatic carbocycles. The van der Waals surface area contributed by atoms with Crippen molar-refractivity contribution in [3.8, 4) is 34.4 Å². The first-order chi connectivity index (χ1) is 18.4. The molecular formula is C28H31N5O5. The first kappa shape index (κ1) is 26.3. The summed E-state index contributed by atoms with van der Waals surface area (Å²) in [5.74, 6) is 2.10. The van der Waals surface area contributed by atoms with E-state index < -0.39 is 5.91 Å². The van der Waals surface area contributed by atoms with E-state index in [4.69, 9.17) is 18.9 Å². The van der Waals surface area contributed by atoms with Gasteiger partial charge in [0.1, 0.15) is 5.75 Å². The van der Waals surface area contributed by atoms with Crippen LogP contribution >= 0.6 is 0 Å². The number of carbonyl (C=O) groups is 1. The Hall–Kier alpha value is -4.73. The number of hydrogen-bond acceptors (Lipinski definition) is 9. The highest BCUT2D eigenvalue weighted by molar-refractivity contribution is 5.98. The lowest BCUT2D eigenvalue weighted by atomic mass is 10.1. The normalized spacial score (nSPS) is 10.6. The summed E-state index contributed by atoms with van der Waals surface area (Å²) in [6.45, 7) is 0.441. The average molecular weight is 518 g/mol. The van der Waals surface area contributed by atoms with E-state index in [0.717, 1.165) is 16.8 Å². The van der Waals surface area contributed by atoms with E-state index in [2.05, 4.69) is 15.4 Å². The summed E-state index contributed by atoms with van der Waals surface area (Å²) in [5.41, 5.74) is 3.15. The molecule has 4 aromatic rings. The van der Waals surface area contributed by atoms with Crippen LogP contribution in [0.5, 0.6) is 23.0 Å². The minimum absolute atomic E-state index is 0.295. The summed E-state index contributed by atoms with van der Waals surface area (Å²) in [5, 5.41) is 7.81. The highest BCUT2D eigenvalue weighted by atomic mass is 16.5. The van der Waals surface area contributed by atoms with E-state index in [1.807, 2.05) is 67.5 Å². The van der Waals surface area contributed by atoms with Gasteiger partial charge in [-0.1, -0.05) is 12.1 Å². The van der Waals surface area contributed by atoms with Crippen molar-refractivity contribution in [2.75, 3.05) is 52.8 Å². The summed E-state index contributed by atoms with van der Waals surface area (Å²) in [7, 11) is 10.1. The molecule has 0 fully saturated rings. The monoisotopic (exact) mass is 517 g/mol. The molecule has 10 heteroatoms. The van der Waals surface area contributed by atoms with Crippen LogP contribution in [0.2, 0.25) is 0 Å². The fourth-order valence-electron chi connectivity index (χ4n) is 3.85. The molecule has 1 aromatic heterocycles. The number of benzene rings is 3. The summed E-state index contributed by atoms with van der Waals surface area (Å²) < 4.78 is 22.8. The summed E-state index contributed by atoms with van der Waals surface area (Å²) in [6.07, 6.45) is 0. The van der Waals surface area contributed by atoms with Gasteiger partial charge in [0.15, 0.2) is 17.3 Å². The van der Waals surface area contributed by atoms with Gasteiger partial charge in [0.25, 0.3) is 5.91 Å². The zero-order valence-corrected chi connectivity index (χ0v) is 22.3. The molecule has 0 spiro atoms. The van der Waals surface area contributed by atoms with Crippen LogP contribution in [-0.2, 0) is 6.54 Å². The van der Waals surface area contributed by atoms with Crippen LogP contribution in [-0.4, -0.2) is 63.2 Å². The van der Waals surface area contributed by atoms with E-state index in [1.165, 1.54) is 26.0 Å². The van der Waals surface area contributed by atoms with Crippen molar-refractivity contribution in [2.45, 2.75) is 6.54 Å². The van der Waals surface area contributed by atoms with Crippen LogP contribution < -0.4 is 29.2 Å². The van der Waals surface area contributed by atoms with Crippen molar-refractivity contribution in [3.05, 3.63) is 71.8 Å². The second-order valence-corrected chi connectivity index (χ2v) is 8.53. The molecule has 1 heterocycles. The van der Waals surface area contributed by atoms with Crippen molar-refractivity contribution >= 4 is 17.5 Å². The van der Waals surface area contributed by atoms with Crippen molar-refractivity contribution in [2.24, 2.45) is 0 Å². The predicted molar refractivity (Wildman–Crippen MR) is 146 cm³/mol. The average Bonchev–Trinajstić information content (AvgIpc) is 3.39. The molecule has 0 aliphatic rings. The third kappa shape index (κ3) is 5.49. The molecule has 4 rings (SSSR count). The Morgan fingerprint density at radius 2 is 1.50 bits per heavy atom. The van der Waals surface area contributed by atoms with Crippen LogP contribution in [0.25, 0.3) is 11.4 Å². The quantitative estimate of drug-likeness (QED) is 0.329. The molecule has 0 saturated carbocycles. The van der Waals surface area contributed by atoms with Crippen LogP contribution in [0, 0.1) is 0 Å². The second-order valence-electron chi connectivity index (χ2n) is 8.53. The predicted octanol–water partition coefficient (Wildman–Crippen LogP) is 4.35. The number of anilines is 2. The first-order valence-electron chi connectivity index (χ1n) is 11.8. The standard InChI is InChI=1S/C28H31N5O5/c1-32(2)21-11-7-18(8-12-21)17-29-28-30-26(19-9-13-22(35-3)14-10-19)31-33(28)27(34)20-15-23(36-4)25(38-6)24(16-20)37-5/h7-16H,17H2,1-6H3,(H,29,30,31). The lowest BCUT2D eigenvalue weighted by Gasteiger charge is -2.14. The zero-order valence-electron chi connectivity index (χ0n) is 22.3. The maximum Gasteiger partial charge on any atom is 0.281 e. The number of rotatable bonds is 10. The molecule has 198 valence electrons. The van der Waals surface area contributed by atoms with Gasteiger partial charge >= 0.3 is 0 Å². The van der Waals surface area contributed by atoms with Crippen molar-refractivity contribution in [1.82, 2.24) is 14.8 Å². The van der Waals surface area contributed by atoms with Gasteiger partial charge in [-0.15, -0.1) is 5.10 Å². The van der Waals surface area contributed by atoms with Crippen molar-refractivity contribution < 1.29 is 23.7 Å². The summed E-state index contributed by atoms with van der Waals surface area (Å²) in [4.78, 5) is 20.4. The largest absolute Gasteiger partial charge is 0.497 e. The number of ether oxygens (including phenoxy) is 4. The minimum Gasteiger partial charge on any atom is -0.497 e. The Morgan fingerprint density at radius 1 is 0.868 bits per heavy atom. The van der Waals surface area contributed by atoms with Gasteiger partial charge < -0.3 is 29.2 Å². The molecule has 38 heavy (non-hydrogen) atoms. The van der Waals surface area contributed by atoms with E-state index in [0.29, 0.717) is 46.9 Å². The molecule has 0 aliphatic heterocycles. The lowest BCUT2D eigenvalue weighted by Crippen LogP contribution is -2.18. The van der Waals surface area contributed by atoms with Gasteiger partial charge in [0.05, 0.1) is 28.4 Å². The van der Waals surface area contributed by atoms with E-state index in [-0.39, 0.29) is 0 Å². The number of aromatic nitrogens is 3.